The lowest BCUT2D eigenvalue weighted by atomic mass is 9.91. The number of rotatable bonds is 4. The quantitative estimate of drug-likeness (QED) is 0.671. The Kier molecular flexibility index (Phi) is 5.02. The molecule has 25 heavy (non-hydrogen) atoms. The van der Waals surface area contributed by atoms with Crippen molar-refractivity contribution < 1.29 is 19.2 Å². The summed E-state index contributed by atoms with van der Waals surface area (Å²) in [7, 11) is 0. The third kappa shape index (κ3) is 3.58. The first-order chi connectivity index (χ1) is 11.8. The number of hydrogen-bond donors (Lipinski definition) is 3. The van der Waals surface area contributed by atoms with Crippen molar-refractivity contribution in [3.05, 3.63) is 35.4 Å². The minimum absolute atomic E-state index is 0.329. The predicted molar refractivity (Wildman–Crippen MR) is 86.0 cm³/mol. The topological polar surface area (TPSA) is 131 Å². The monoisotopic (exact) mass is 343 g/mol. The first kappa shape index (κ1) is 17.9. The minimum atomic E-state index is -1.39. The van der Waals surface area contributed by atoms with Crippen LogP contribution in [0.1, 0.15) is 25.0 Å². The molecule has 0 aromatic heterocycles. The number of nitrogens with one attached hydrogen (secondary N) is 3. The predicted octanol–water partition coefficient (Wildman–Crippen LogP) is 0.171. The van der Waals surface area contributed by atoms with Gasteiger partial charge in [0.05, 0.1) is 11.6 Å². The lowest BCUT2D eigenvalue weighted by molar-refractivity contribution is -0.134. The van der Waals surface area contributed by atoms with E-state index in [4.69, 9.17) is 5.26 Å². The van der Waals surface area contributed by atoms with Crippen LogP contribution in [0.4, 0.5) is 9.59 Å². The Balaban J connectivity index is 2.17. The van der Waals surface area contributed by atoms with E-state index in [9.17, 15) is 19.2 Å². The molecule has 2 rings (SSSR count). The van der Waals surface area contributed by atoms with Crippen molar-refractivity contribution in [2.75, 3.05) is 13.1 Å². The first-order valence-corrected chi connectivity index (χ1v) is 7.54. The summed E-state index contributed by atoms with van der Waals surface area (Å²) in [5, 5.41) is 15.9. The van der Waals surface area contributed by atoms with Gasteiger partial charge in [-0.15, -0.1) is 0 Å². The second kappa shape index (κ2) is 7.00. The van der Waals surface area contributed by atoms with Gasteiger partial charge in [0.2, 0.25) is 5.91 Å². The Hall–Kier alpha value is -3.41. The highest BCUT2D eigenvalue weighted by Gasteiger charge is 2.49. The number of carbonyl (C=O) groups excluding carboxylic acids is 4. The van der Waals surface area contributed by atoms with Gasteiger partial charge in [-0.1, -0.05) is 12.1 Å². The number of benzene rings is 1. The van der Waals surface area contributed by atoms with Crippen LogP contribution in [0, 0.1) is 11.3 Å². The smallest absolute Gasteiger partial charge is 0.325 e. The highest BCUT2D eigenvalue weighted by Crippen LogP contribution is 2.29. The van der Waals surface area contributed by atoms with Crippen LogP contribution in [0.25, 0.3) is 0 Å². The lowest BCUT2D eigenvalue weighted by Crippen LogP contribution is -2.46. The molecular formula is C16H17N5O4. The molecule has 130 valence electrons. The molecule has 1 fully saturated rings. The van der Waals surface area contributed by atoms with Gasteiger partial charge in [0.15, 0.2) is 0 Å². The van der Waals surface area contributed by atoms with Crippen LogP contribution in [0.15, 0.2) is 24.3 Å². The van der Waals surface area contributed by atoms with E-state index < -0.39 is 36.0 Å². The molecule has 0 saturated carbocycles. The Morgan fingerprint density at radius 3 is 2.72 bits per heavy atom. The number of imide groups is 2. The zero-order chi connectivity index (χ0) is 18.6. The summed E-state index contributed by atoms with van der Waals surface area (Å²) in [4.78, 5) is 48.7. The molecule has 1 atom stereocenters. The van der Waals surface area contributed by atoms with Crippen LogP contribution < -0.4 is 16.0 Å². The molecule has 3 N–H and O–H groups in total. The molecule has 0 radical (unpaired) electrons. The second-order valence-corrected chi connectivity index (χ2v) is 5.55. The summed E-state index contributed by atoms with van der Waals surface area (Å²) < 4.78 is 0. The van der Waals surface area contributed by atoms with E-state index >= 15 is 0 Å². The zero-order valence-electron chi connectivity index (χ0n) is 13.8. The van der Waals surface area contributed by atoms with Crippen molar-refractivity contribution >= 4 is 23.9 Å². The van der Waals surface area contributed by atoms with Crippen molar-refractivity contribution in [2.24, 2.45) is 0 Å². The Labute approximate surface area is 144 Å². The Bertz CT molecular complexity index is 785. The van der Waals surface area contributed by atoms with Gasteiger partial charge in [-0.05, 0) is 31.5 Å². The molecule has 0 bridgehead atoms. The van der Waals surface area contributed by atoms with Crippen LogP contribution in [-0.2, 0) is 15.1 Å². The molecule has 9 heteroatoms. The maximum Gasteiger partial charge on any atom is 0.325 e. The molecule has 1 heterocycles. The number of nitrogens with zero attached hydrogens (tertiary/aromatic N) is 2. The van der Waals surface area contributed by atoms with Gasteiger partial charge in [0, 0.05) is 6.54 Å². The molecule has 0 spiro atoms. The summed E-state index contributed by atoms with van der Waals surface area (Å²) in [5.74, 6) is -1.43. The number of hydrogen-bond acceptors (Lipinski definition) is 5. The number of carbonyl (C=O) groups is 4. The molecule has 1 aliphatic heterocycles. The molecular weight excluding hydrogens is 326 g/mol. The van der Waals surface area contributed by atoms with Crippen molar-refractivity contribution in [2.45, 2.75) is 19.4 Å². The van der Waals surface area contributed by atoms with Crippen molar-refractivity contribution in [3.63, 3.8) is 0 Å². The molecule has 0 aliphatic carbocycles. The third-order valence-corrected chi connectivity index (χ3v) is 3.74. The fraction of sp³-hybridized carbons (Fsp3) is 0.312. The van der Waals surface area contributed by atoms with E-state index in [0.29, 0.717) is 17.7 Å². The number of nitriles is 1. The summed E-state index contributed by atoms with van der Waals surface area (Å²) in [6, 6.07) is 6.79. The van der Waals surface area contributed by atoms with Gasteiger partial charge in [-0.2, -0.15) is 5.26 Å². The summed E-state index contributed by atoms with van der Waals surface area (Å²) >= 11 is 0. The van der Waals surface area contributed by atoms with Gasteiger partial charge in [0.1, 0.15) is 12.1 Å². The fourth-order valence-corrected chi connectivity index (χ4v) is 2.45. The van der Waals surface area contributed by atoms with Gasteiger partial charge in [-0.3, -0.25) is 19.8 Å². The number of amides is 6. The average molecular weight is 343 g/mol. The van der Waals surface area contributed by atoms with Crippen LogP contribution in [0.5, 0.6) is 0 Å². The fourth-order valence-electron chi connectivity index (χ4n) is 2.45. The normalized spacial score (nSPS) is 19.2. The Morgan fingerprint density at radius 1 is 1.36 bits per heavy atom. The van der Waals surface area contributed by atoms with E-state index in [0.717, 1.165) is 4.90 Å². The molecule has 6 amide bonds. The van der Waals surface area contributed by atoms with E-state index in [2.05, 4.69) is 10.6 Å². The molecule has 1 aromatic carbocycles. The van der Waals surface area contributed by atoms with Crippen LogP contribution in [-0.4, -0.2) is 41.9 Å². The first-order valence-electron chi connectivity index (χ1n) is 7.54. The summed E-state index contributed by atoms with van der Waals surface area (Å²) in [5.41, 5.74) is -0.625. The molecule has 1 saturated heterocycles. The average Bonchev–Trinajstić information content (AvgIpc) is 2.79. The van der Waals surface area contributed by atoms with Crippen LogP contribution >= 0.6 is 0 Å². The molecule has 0 unspecified atom stereocenters. The Morgan fingerprint density at radius 2 is 2.08 bits per heavy atom. The lowest BCUT2D eigenvalue weighted by Gasteiger charge is -2.22. The number of urea groups is 2. The zero-order valence-corrected chi connectivity index (χ0v) is 13.8. The molecule has 1 aromatic rings. The molecule has 1 aliphatic rings. The SMILES string of the molecule is CCNC(=O)NC(=O)CN1C(=O)N[C@](C)(c2cccc(C#N)c2)C1=O. The maximum atomic E-state index is 12.7. The van der Waals surface area contributed by atoms with Crippen LogP contribution in [0.2, 0.25) is 0 Å². The van der Waals surface area contributed by atoms with E-state index in [1.165, 1.54) is 13.0 Å². The highest BCUT2D eigenvalue weighted by atomic mass is 16.2. The van der Waals surface area contributed by atoms with Gasteiger partial charge < -0.3 is 10.6 Å². The van der Waals surface area contributed by atoms with Crippen LogP contribution in [0.3, 0.4) is 0 Å². The maximum absolute atomic E-state index is 12.7. The summed E-state index contributed by atoms with van der Waals surface area (Å²) in [6.07, 6.45) is 0. The van der Waals surface area contributed by atoms with Crippen molar-refractivity contribution in [3.8, 4) is 6.07 Å². The van der Waals surface area contributed by atoms with Gasteiger partial charge in [0.25, 0.3) is 5.91 Å². The van der Waals surface area contributed by atoms with Crippen molar-refractivity contribution in [1.29, 1.82) is 5.26 Å². The van der Waals surface area contributed by atoms with Gasteiger partial charge >= 0.3 is 12.1 Å². The standard InChI is InChI=1S/C16H17N5O4/c1-3-18-14(24)19-12(22)9-21-13(23)16(2,20-15(21)25)11-6-4-5-10(7-11)8-17/h4-7H,3,9H2,1-2H3,(H,20,25)(H2,18,19,22,24)/t16-/m1/s1. The summed E-state index contributed by atoms with van der Waals surface area (Å²) in [6.45, 7) is 2.92. The highest BCUT2D eigenvalue weighted by molar-refractivity contribution is 6.10. The van der Waals surface area contributed by atoms with E-state index in [1.807, 2.05) is 11.4 Å². The van der Waals surface area contributed by atoms with E-state index in [1.54, 1.807) is 25.1 Å². The largest absolute Gasteiger partial charge is 0.338 e. The second-order valence-electron chi connectivity index (χ2n) is 5.55. The van der Waals surface area contributed by atoms with Gasteiger partial charge in [-0.25, -0.2) is 9.59 Å². The van der Waals surface area contributed by atoms with Crippen molar-refractivity contribution in [1.82, 2.24) is 20.9 Å². The minimum Gasteiger partial charge on any atom is -0.338 e. The van der Waals surface area contributed by atoms with E-state index in [-0.39, 0.29) is 0 Å². The third-order valence-electron chi connectivity index (χ3n) is 3.74. The molecule has 9 nitrogen and oxygen atoms in total.